The molecule has 0 aliphatic carbocycles. The molecule has 3 N–H and O–H groups in total. The minimum Gasteiger partial charge on any atom is -0.394 e. The van der Waals surface area contributed by atoms with Gasteiger partial charge in [0.05, 0.1) is 19.1 Å². The molecule has 1 heterocycles. The molecule has 1 amide bonds. The summed E-state index contributed by atoms with van der Waals surface area (Å²) in [6.45, 7) is 4.10. The standard InChI is InChI=1S/C11H19N3O2/c1-8(2)5-10(7-15)13-11(16)6-9-3-4-12-14-9/h3-4,8,10,15H,5-7H2,1-2H3,(H,12,14)(H,13,16). The zero-order chi connectivity index (χ0) is 12.0. The van der Waals surface area contributed by atoms with Crippen LogP contribution >= 0.6 is 0 Å². The second-order valence-electron chi connectivity index (χ2n) is 4.34. The van der Waals surface area contributed by atoms with E-state index >= 15 is 0 Å². The summed E-state index contributed by atoms with van der Waals surface area (Å²) in [6, 6.07) is 1.60. The molecule has 0 aliphatic heterocycles. The molecule has 0 aliphatic rings. The SMILES string of the molecule is CC(C)CC(CO)NC(=O)Cc1ccn[nH]1. The normalized spacial score (nSPS) is 12.8. The highest BCUT2D eigenvalue weighted by Crippen LogP contribution is 2.04. The van der Waals surface area contributed by atoms with Crippen molar-refractivity contribution in [3.63, 3.8) is 0 Å². The maximum Gasteiger partial charge on any atom is 0.226 e. The molecular formula is C11H19N3O2. The smallest absolute Gasteiger partial charge is 0.226 e. The largest absolute Gasteiger partial charge is 0.394 e. The van der Waals surface area contributed by atoms with Crippen molar-refractivity contribution >= 4 is 5.91 Å². The lowest BCUT2D eigenvalue weighted by Gasteiger charge is -2.17. The third-order valence-electron chi connectivity index (χ3n) is 2.25. The molecule has 1 aromatic heterocycles. The third-order valence-corrected chi connectivity index (χ3v) is 2.25. The van der Waals surface area contributed by atoms with Crippen LogP contribution in [0.3, 0.4) is 0 Å². The molecule has 0 saturated carbocycles. The van der Waals surface area contributed by atoms with Crippen LogP contribution in [-0.4, -0.2) is 33.9 Å². The Balaban J connectivity index is 2.37. The van der Waals surface area contributed by atoms with Gasteiger partial charge in [-0.05, 0) is 18.4 Å². The number of nitrogens with one attached hydrogen (secondary N) is 2. The van der Waals surface area contributed by atoms with E-state index in [2.05, 4.69) is 29.4 Å². The van der Waals surface area contributed by atoms with Crippen molar-refractivity contribution in [1.29, 1.82) is 0 Å². The van der Waals surface area contributed by atoms with Crippen LogP contribution in [0, 0.1) is 5.92 Å². The number of H-pyrrole nitrogens is 1. The van der Waals surface area contributed by atoms with Gasteiger partial charge < -0.3 is 10.4 Å². The molecular weight excluding hydrogens is 206 g/mol. The lowest BCUT2D eigenvalue weighted by molar-refractivity contribution is -0.121. The molecule has 0 radical (unpaired) electrons. The van der Waals surface area contributed by atoms with E-state index in [9.17, 15) is 4.79 Å². The van der Waals surface area contributed by atoms with Crippen molar-refractivity contribution in [2.75, 3.05) is 6.61 Å². The van der Waals surface area contributed by atoms with Crippen LogP contribution in [0.2, 0.25) is 0 Å². The Morgan fingerprint density at radius 1 is 1.62 bits per heavy atom. The summed E-state index contributed by atoms with van der Waals surface area (Å²) in [6.07, 6.45) is 2.67. The van der Waals surface area contributed by atoms with Crippen LogP contribution in [-0.2, 0) is 11.2 Å². The molecule has 0 fully saturated rings. The molecule has 1 aromatic rings. The number of hydrogen-bond acceptors (Lipinski definition) is 3. The highest BCUT2D eigenvalue weighted by atomic mass is 16.3. The number of carbonyl (C=O) groups excluding carboxylic acids is 1. The van der Waals surface area contributed by atoms with Crippen LogP contribution < -0.4 is 5.32 Å². The molecule has 1 rings (SSSR count). The maximum absolute atomic E-state index is 11.6. The number of aliphatic hydroxyl groups excluding tert-OH is 1. The summed E-state index contributed by atoms with van der Waals surface area (Å²) in [7, 11) is 0. The van der Waals surface area contributed by atoms with E-state index in [4.69, 9.17) is 5.11 Å². The van der Waals surface area contributed by atoms with Crippen molar-refractivity contribution in [2.45, 2.75) is 32.7 Å². The first kappa shape index (κ1) is 12.7. The van der Waals surface area contributed by atoms with Gasteiger partial charge in [-0.2, -0.15) is 5.10 Å². The van der Waals surface area contributed by atoms with Gasteiger partial charge in [-0.1, -0.05) is 13.8 Å². The van der Waals surface area contributed by atoms with E-state index < -0.39 is 0 Å². The van der Waals surface area contributed by atoms with E-state index in [1.54, 1.807) is 12.3 Å². The van der Waals surface area contributed by atoms with Crippen LogP contribution in [0.25, 0.3) is 0 Å². The van der Waals surface area contributed by atoms with E-state index in [0.29, 0.717) is 5.92 Å². The predicted octanol–water partition coefficient (Wildman–Crippen LogP) is 0.475. The van der Waals surface area contributed by atoms with Crippen molar-refractivity contribution < 1.29 is 9.90 Å². The van der Waals surface area contributed by atoms with E-state index in [1.165, 1.54) is 0 Å². The van der Waals surface area contributed by atoms with E-state index in [-0.39, 0.29) is 25.0 Å². The van der Waals surface area contributed by atoms with Crippen LogP contribution in [0.4, 0.5) is 0 Å². The van der Waals surface area contributed by atoms with Crippen LogP contribution in [0.1, 0.15) is 26.0 Å². The average Bonchev–Trinajstić information content (AvgIpc) is 2.68. The lowest BCUT2D eigenvalue weighted by Crippen LogP contribution is -2.39. The van der Waals surface area contributed by atoms with Gasteiger partial charge in [0.15, 0.2) is 0 Å². The van der Waals surface area contributed by atoms with Gasteiger partial charge in [-0.15, -0.1) is 0 Å². The van der Waals surface area contributed by atoms with Crippen LogP contribution in [0.5, 0.6) is 0 Å². The number of aromatic amines is 1. The molecule has 1 atom stereocenters. The predicted molar refractivity (Wildman–Crippen MR) is 60.8 cm³/mol. The van der Waals surface area contributed by atoms with Gasteiger partial charge in [-0.25, -0.2) is 0 Å². The first-order valence-corrected chi connectivity index (χ1v) is 5.50. The van der Waals surface area contributed by atoms with Crippen molar-refractivity contribution in [3.8, 4) is 0 Å². The zero-order valence-corrected chi connectivity index (χ0v) is 9.73. The van der Waals surface area contributed by atoms with Gasteiger partial charge in [0.25, 0.3) is 0 Å². The average molecular weight is 225 g/mol. The molecule has 90 valence electrons. The fourth-order valence-corrected chi connectivity index (χ4v) is 1.58. The number of aliphatic hydroxyl groups is 1. The summed E-state index contributed by atoms with van der Waals surface area (Å²) >= 11 is 0. The topological polar surface area (TPSA) is 78.0 Å². The molecule has 0 saturated heterocycles. The fourth-order valence-electron chi connectivity index (χ4n) is 1.58. The van der Waals surface area contributed by atoms with Crippen molar-refractivity contribution in [2.24, 2.45) is 5.92 Å². The highest BCUT2D eigenvalue weighted by Gasteiger charge is 2.13. The number of amides is 1. The molecule has 5 nitrogen and oxygen atoms in total. The molecule has 16 heavy (non-hydrogen) atoms. The summed E-state index contributed by atoms with van der Waals surface area (Å²) < 4.78 is 0. The quantitative estimate of drug-likeness (QED) is 0.658. The monoisotopic (exact) mass is 225 g/mol. The summed E-state index contributed by atoms with van der Waals surface area (Å²) in [5.74, 6) is 0.355. The Labute approximate surface area is 95.3 Å². The van der Waals surface area contributed by atoms with Crippen molar-refractivity contribution in [1.82, 2.24) is 15.5 Å². The molecule has 0 spiro atoms. The van der Waals surface area contributed by atoms with Gasteiger partial charge >= 0.3 is 0 Å². The molecule has 5 heteroatoms. The minimum absolute atomic E-state index is 0.0209. The van der Waals surface area contributed by atoms with Gasteiger partial charge in [0.2, 0.25) is 5.91 Å². The molecule has 1 unspecified atom stereocenters. The minimum atomic E-state index is -0.157. The molecule has 0 aromatic carbocycles. The maximum atomic E-state index is 11.6. The van der Waals surface area contributed by atoms with Gasteiger partial charge in [0, 0.05) is 11.9 Å². The number of nitrogens with zero attached hydrogens (tertiary/aromatic N) is 1. The third kappa shape index (κ3) is 4.44. The first-order chi connectivity index (χ1) is 7.61. The van der Waals surface area contributed by atoms with E-state index in [1.807, 2.05) is 0 Å². The lowest BCUT2D eigenvalue weighted by atomic mass is 10.0. The Kier molecular flexibility index (Phi) is 4.98. The highest BCUT2D eigenvalue weighted by molar-refractivity contribution is 5.78. The summed E-state index contributed by atoms with van der Waals surface area (Å²) in [5.41, 5.74) is 0.777. The Hall–Kier alpha value is -1.36. The van der Waals surface area contributed by atoms with E-state index in [0.717, 1.165) is 12.1 Å². The fraction of sp³-hybridized carbons (Fsp3) is 0.636. The van der Waals surface area contributed by atoms with Gasteiger partial charge in [0.1, 0.15) is 0 Å². The first-order valence-electron chi connectivity index (χ1n) is 5.50. The summed E-state index contributed by atoms with van der Waals surface area (Å²) in [4.78, 5) is 11.6. The Morgan fingerprint density at radius 2 is 2.38 bits per heavy atom. The number of rotatable bonds is 6. The Morgan fingerprint density at radius 3 is 2.88 bits per heavy atom. The van der Waals surface area contributed by atoms with Crippen molar-refractivity contribution in [3.05, 3.63) is 18.0 Å². The van der Waals surface area contributed by atoms with Gasteiger partial charge in [-0.3, -0.25) is 9.89 Å². The second-order valence-corrected chi connectivity index (χ2v) is 4.34. The van der Waals surface area contributed by atoms with Crippen LogP contribution in [0.15, 0.2) is 12.3 Å². The molecule has 0 bridgehead atoms. The Bertz CT molecular complexity index is 309. The number of carbonyl (C=O) groups is 1. The zero-order valence-electron chi connectivity index (χ0n) is 9.73. The number of hydrogen-bond donors (Lipinski definition) is 3. The number of aromatic nitrogens is 2. The summed E-state index contributed by atoms with van der Waals surface area (Å²) in [5, 5.41) is 18.4. The second kappa shape index (κ2) is 6.27.